The Kier molecular flexibility index (Phi) is 5.08. The van der Waals surface area contributed by atoms with E-state index in [1.165, 1.54) is 0 Å². The molecule has 2 aliphatic heterocycles. The molecule has 1 aromatic heterocycles. The van der Waals surface area contributed by atoms with Gasteiger partial charge in [0.05, 0.1) is 18.0 Å². The van der Waals surface area contributed by atoms with Crippen molar-refractivity contribution in [3.8, 4) is 23.3 Å². The number of piperidine rings is 1. The van der Waals surface area contributed by atoms with Gasteiger partial charge in [0.15, 0.2) is 5.60 Å². The van der Waals surface area contributed by atoms with Gasteiger partial charge in [0.2, 0.25) is 0 Å². The number of benzene rings is 2. The van der Waals surface area contributed by atoms with Crippen molar-refractivity contribution in [2.24, 2.45) is 0 Å². The third-order valence-electron chi connectivity index (χ3n) is 6.19. The average molecular weight is 431 g/mol. The summed E-state index contributed by atoms with van der Waals surface area (Å²) >= 11 is 0. The van der Waals surface area contributed by atoms with Crippen LogP contribution in [-0.2, 0) is 5.60 Å². The smallest absolute Gasteiger partial charge is 0.253 e. The maximum atomic E-state index is 13.0. The number of para-hydroxylation sites is 2. The van der Waals surface area contributed by atoms with Gasteiger partial charge < -0.3 is 19.5 Å². The summed E-state index contributed by atoms with van der Waals surface area (Å²) in [5.74, 6) is 1.35. The van der Waals surface area contributed by atoms with Crippen LogP contribution in [0.25, 0.3) is 5.69 Å². The first-order valence-electron chi connectivity index (χ1n) is 10.7. The first-order valence-corrected chi connectivity index (χ1v) is 10.7. The lowest BCUT2D eigenvalue weighted by Gasteiger charge is -2.45. The maximum Gasteiger partial charge on any atom is 0.253 e. The van der Waals surface area contributed by atoms with Gasteiger partial charge in [-0.25, -0.2) is 0 Å². The van der Waals surface area contributed by atoms with Gasteiger partial charge in [0.25, 0.3) is 5.91 Å². The molecule has 164 valence electrons. The Hall–Kier alpha value is -3.76. The quantitative estimate of drug-likeness (QED) is 0.683. The Morgan fingerprint density at radius 1 is 1.12 bits per heavy atom. The van der Waals surface area contributed by atoms with Gasteiger partial charge in [-0.2, -0.15) is 5.26 Å². The fourth-order valence-electron chi connectivity index (χ4n) is 4.60. The molecule has 1 amide bonds. The number of nitrogens with zero attached hydrogens (tertiary/aromatic N) is 3. The van der Waals surface area contributed by atoms with Crippen molar-refractivity contribution in [3.05, 3.63) is 77.6 Å². The Balaban J connectivity index is 0.00000259. The van der Waals surface area contributed by atoms with Gasteiger partial charge in [-0.05, 0) is 48.5 Å². The fourth-order valence-corrected chi connectivity index (χ4v) is 4.60. The van der Waals surface area contributed by atoms with Crippen molar-refractivity contribution < 1.29 is 20.8 Å². The molecule has 0 bridgehead atoms. The summed E-state index contributed by atoms with van der Waals surface area (Å²) in [7, 11) is 0. The highest BCUT2D eigenvalue weighted by Crippen LogP contribution is 2.45. The number of hydrogen-bond acceptors (Lipinski definition) is 5. The summed E-state index contributed by atoms with van der Waals surface area (Å²) in [6.45, 7) is 1.27. The summed E-state index contributed by atoms with van der Waals surface area (Å²) in [4.78, 5) is 14.9. The minimum absolute atomic E-state index is 0. The van der Waals surface area contributed by atoms with Crippen LogP contribution in [0.4, 0.5) is 0 Å². The second-order valence-corrected chi connectivity index (χ2v) is 8.00. The fraction of sp³-hybridized carbons (Fsp3) is 0.280. The lowest BCUT2D eigenvalue weighted by Crippen LogP contribution is -2.50. The highest BCUT2D eigenvalue weighted by atomic mass is 16.5. The predicted molar refractivity (Wildman–Crippen MR) is 119 cm³/mol. The number of aromatic nitrogens is 1. The molecule has 0 radical (unpaired) electrons. The number of hydrogen-bond donors (Lipinski definition) is 1. The summed E-state index contributed by atoms with van der Waals surface area (Å²) in [6.07, 6.45) is 1.28. The molecule has 3 aromatic rings. The van der Waals surface area contributed by atoms with E-state index in [0.29, 0.717) is 42.9 Å². The predicted octanol–water partition coefficient (Wildman–Crippen LogP) is 3.49. The Bertz CT molecular complexity index is 1190. The van der Waals surface area contributed by atoms with E-state index in [2.05, 4.69) is 6.07 Å². The molecule has 1 N–H and O–H groups in total. The molecule has 0 unspecified atom stereocenters. The third-order valence-corrected chi connectivity index (χ3v) is 6.19. The van der Waals surface area contributed by atoms with Crippen LogP contribution < -0.4 is 9.47 Å². The van der Waals surface area contributed by atoms with E-state index >= 15 is 0 Å². The number of carbonyl (C=O) groups is 1. The maximum absolute atomic E-state index is 13.0. The van der Waals surface area contributed by atoms with Crippen LogP contribution in [0.15, 0.2) is 60.7 Å². The Labute approximate surface area is 187 Å². The van der Waals surface area contributed by atoms with E-state index in [-0.39, 0.29) is 20.5 Å². The second kappa shape index (κ2) is 8.06. The van der Waals surface area contributed by atoms with Gasteiger partial charge in [-0.1, -0.05) is 12.1 Å². The number of amides is 1. The number of ether oxygens (including phenoxy) is 2. The highest BCUT2D eigenvalue weighted by molar-refractivity contribution is 5.94. The van der Waals surface area contributed by atoms with Gasteiger partial charge in [-0.15, -0.1) is 0 Å². The normalized spacial score (nSPS) is 15.9. The first-order chi connectivity index (χ1) is 15.6. The van der Waals surface area contributed by atoms with Crippen LogP contribution in [0.2, 0.25) is 0 Å². The van der Waals surface area contributed by atoms with Crippen molar-refractivity contribution in [2.45, 2.75) is 18.4 Å². The molecule has 0 saturated carbocycles. The minimum Gasteiger partial charge on any atom is -0.491 e. The van der Waals surface area contributed by atoms with E-state index in [4.69, 9.17) is 14.6 Å². The van der Waals surface area contributed by atoms with Gasteiger partial charge in [0.1, 0.15) is 29.9 Å². The highest BCUT2D eigenvalue weighted by Gasteiger charge is 2.45. The molecule has 0 atom stereocenters. The van der Waals surface area contributed by atoms with Gasteiger partial charge in [0, 0.05) is 32.9 Å². The van der Waals surface area contributed by atoms with Gasteiger partial charge in [-0.3, -0.25) is 9.36 Å². The number of aliphatic hydroxyl groups is 1. The molecule has 3 heterocycles. The molecule has 2 aliphatic rings. The van der Waals surface area contributed by atoms with Crippen LogP contribution in [0.3, 0.4) is 0 Å². The molecule has 32 heavy (non-hydrogen) atoms. The van der Waals surface area contributed by atoms with E-state index in [1.54, 1.807) is 24.3 Å². The van der Waals surface area contributed by atoms with E-state index in [0.717, 1.165) is 17.1 Å². The van der Waals surface area contributed by atoms with Crippen molar-refractivity contribution in [3.63, 3.8) is 0 Å². The van der Waals surface area contributed by atoms with E-state index in [9.17, 15) is 10.1 Å². The standard InChI is InChI=1S/C25H23N3O4.H2/c26-17-19-7-10-23-25(32-22-4-2-1-3-21(22)28(19)23)11-13-27(14-12-25)24(30)18-5-8-20(9-6-18)31-16-15-29;/h1-10,29H,11-16H2;1H. The third kappa shape index (κ3) is 3.29. The van der Waals surface area contributed by atoms with Crippen molar-refractivity contribution in [2.75, 3.05) is 26.3 Å². The average Bonchev–Trinajstić information content (AvgIpc) is 3.29. The lowest BCUT2D eigenvalue weighted by atomic mass is 9.86. The molecule has 1 spiro atoms. The molecule has 1 saturated heterocycles. The number of likely N-dealkylation sites (tertiary alicyclic amines) is 1. The number of rotatable bonds is 4. The van der Waals surface area contributed by atoms with E-state index in [1.807, 2.05) is 45.9 Å². The number of nitriles is 1. The largest absolute Gasteiger partial charge is 0.491 e. The number of aliphatic hydroxyl groups excluding tert-OH is 1. The van der Waals surface area contributed by atoms with Crippen LogP contribution in [-0.4, -0.2) is 46.8 Å². The monoisotopic (exact) mass is 431 g/mol. The van der Waals surface area contributed by atoms with E-state index < -0.39 is 5.60 Å². The Morgan fingerprint density at radius 3 is 2.59 bits per heavy atom. The summed E-state index contributed by atoms with van der Waals surface area (Å²) in [5, 5.41) is 18.5. The summed E-state index contributed by atoms with van der Waals surface area (Å²) < 4.78 is 13.9. The summed E-state index contributed by atoms with van der Waals surface area (Å²) in [6, 6.07) is 20.8. The lowest BCUT2D eigenvalue weighted by molar-refractivity contribution is -0.00937. The first kappa shape index (κ1) is 20.2. The molecule has 1 fully saturated rings. The topological polar surface area (TPSA) is 87.7 Å². The molecule has 5 rings (SSSR count). The van der Waals surface area contributed by atoms with Crippen molar-refractivity contribution in [1.82, 2.24) is 9.47 Å². The SMILES string of the molecule is N#Cc1ccc2n1-c1ccccc1OC21CCN(C(=O)c2ccc(OCCO)cc2)CC1.[HH]. The van der Waals surface area contributed by atoms with Crippen LogP contribution in [0, 0.1) is 11.3 Å². The molecular formula is C25H25N3O4. The second-order valence-electron chi connectivity index (χ2n) is 8.00. The number of fused-ring (bicyclic) bond motifs is 4. The molecule has 7 heteroatoms. The summed E-state index contributed by atoms with van der Waals surface area (Å²) in [5.41, 5.74) is 2.45. The van der Waals surface area contributed by atoms with Crippen LogP contribution in [0.5, 0.6) is 11.5 Å². The van der Waals surface area contributed by atoms with Gasteiger partial charge >= 0.3 is 0 Å². The van der Waals surface area contributed by atoms with Crippen molar-refractivity contribution >= 4 is 5.91 Å². The molecule has 7 nitrogen and oxygen atoms in total. The zero-order valence-electron chi connectivity index (χ0n) is 17.5. The number of carbonyl (C=O) groups excluding carboxylic acids is 1. The minimum atomic E-state index is -0.567. The van der Waals surface area contributed by atoms with Crippen LogP contribution >= 0.6 is 0 Å². The molecular weight excluding hydrogens is 406 g/mol. The van der Waals surface area contributed by atoms with Crippen LogP contribution in [0.1, 0.15) is 36.0 Å². The molecule has 0 aliphatic carbocycles. The van der Waals surface area contributed by atoms with Crippen molar-refractivity contribution in [1.29, 1.82) is 5.26 Å². The zero-order chi connectivity index (χ0) is 22.1. The Morgan fingerprint density at radius 2 is 1.88 bits per heavy atom. The molecule has 2 aromatic carbocycles. The zero-order valence-corrected chi connectivity index (χ0v) is 17.5.